The maximum atomic E-state index is 12.5. The number of nitrogens with zero attached hydrogens (tertiary/aromatic N) is 2. The third-order valence-corrected chi connectivity index (χ3v) is 3.89. The fraction of sp³-hybridized carbons (Fsp3) is 0.167. The van der Waals surface area contributed by atoms with E-state index in [1.165, 1.54) is 0 Å². The summed E-state index contributed by atoms with van der Waals surface area (Å²) in [7, 11) is 0. The zero-order valence-electron chi connectivity index (χ0n) is 12.8. The lowest BCUT2D eigenvalue weighted by Gasteiger charge is -2.29. The van der Waals surface area contributed by atoms with Gasteiger partial charge < -0.3 is 10.6 Å². The summed E-state index contributed by atoms with van der Waals surface area (Å²) >= 11 is 0. The number of benzene rings is 1. The number of primary amides is 1. The van der Waals surface area contributed by atoms with Gasteiger partial charge in [-0.1, -0.05) is 24.3 Å². The molecule has 5 heteroatoms. The van der Waals surface area contributed by atoms with Gasteiger partial charge in [-0.2, -0.15) is 0 Å². The average molecular weight is 307 g/mol. The van der Waals surface area contributed by atoms with Crippen LogP contribution in [0.3, 0.4) is 0 Å². The lowest BCUT2D eigenvalue weighted by atomic mass is 9.90. The fourth-order valence-corrected chi connectivity index (χ4v) is 2.71. The first kappa shape index (κ1) is 15.0. The topological polar surface area (TPSA) is 75.8 Å². The Balaban J connectivity index is 2.06. The first-order valence-corrected chi connectivity index (χ1v) is 7.39. The molecule has 5 nitrogen and oxygen atoms in total. The first-order valence-electron chi connectivity index (χ1n) is 7.39. The molecular weight excluding hydrogens is 290 g/mol. The molecule has 0 saturated carbocycles. The maximum absolute atomic E-state index is 12.5. The molecule has 2 heterocycles. The maximum Gasteiger partial charge on any atom is 0.256 e. The molecule has 0 radical (unpaired) electrons. The van der Waals surface area contributed by atoms with Gasteiger partial charge in [0.25, 0.3) is 5.91 Å². The van der Waals surface area contributed by atoms with Crippen LogP contribution in [-0.2, 0) is 4.79 Å². The third kappa shape index (κ3) is 2.73. The number of nitrogens with two attached hydrogens (primary N) is 1. The van der Waals surface area contributed by atoms with Gasteiger partial charge in [0.05, 0.1) is 0 Å². The zero-order chi connectivity index (χ0) is 16.4. The molecule has 1 aromatic rings. The minimum absolute atomic E-state index is 0.0436. The van der Waals surface area contributed by atoms with E-state index in [4.69, 9.17) is 5.73 Å². The van der Waals surface area contributed by atoms with Gasteiger partial charge in [-0.15, -0.1) is 0 Å². The van der Waals surface area contributed by atoms with Crippen LogP contribution >= 0.6 is 0 Å². The molecule has 2 aliphatic rings. The molecule has 2 amide bonds. The predicted octanol–water partition coefficient (Wildman–Crippen LogP) is 1.92. The highest BCUT2D eigenvalue weighted by atomic mass is 16.2. The predicted molar refractivity (Wildman–Crippen MR) is 89.8 cm³/mol. The number of amides is 2. The quantitative estimate of drug-likeness (QED) is 0.863. The Kier molecular flexibility index (Phi) is 3.93. The van der Waals surface area contributed by atoms with Crippen LogP contribution in [0.5, 0.6) is 0 Å². The summed E-state index contributed by atoms with van der Waals surface area (Å²) in [4.78, 5) is 29.8. The number of hydrogen-bond acceptors (Lipinski definition) is 3. The van der Waals surface area contributed by atoms with Crippen LogP contribution in [0.1, 0.15) is 22.8 Å². The summed E-state index contributed by atoms with van der Waals surface area (Å²) in [5, 5.41) is 0. The highest BCUT2D eigenvalue weighted by Gasteiger charge is 2.34. The monoisotopic (exact) mass is 307 g/mol. The van der Waals surface area contributed by atoms with E-state index < -0.39 is 11.9 Å². The van der Waals surface area contributed by atoms with Gasteiger partial charge in [-0.3, -0.25) is 14.6 Å². The van der Waals surface area contributed by atoms with Crippen molar-refractivity contribution >= 4 is 23.6 Å². The van der Waals surface area contributed by atoms with Crippen molar-refractivity contribution < 1.29 is 9.59 Å². The SMILES string of the molecule is CC=CCN1C=C(c2cccc(C(N)=O)c2)C2=CC=NC2C1=O. The molecule has 0 aliphatic carbocycles. The van der Waals surface area contributed by atoms with E-state index in [0.29, 0.717) is 12.1 Å². The number of fused-ring (bicyclic) bond motifs is 1. The Bertz CT molecular complexity index is 787. The second kappa shape index (κ2) is 6.04. The van der Waals surface area contributed by atoms with Crippen LogP contribution in [0.4, 0.5) is 0 Å². The van der Waals surface area contributed by atoms with Crippen LogP contribution in [0.25, 0.3) is 5.57 Å². The smallest absolute Gasteiger partial charge is 0.256 e. The van der Waals surface area contributed by atoms with Crippen molar-refractivity contribution in [1.82, 2.24) is 4.90 Å². The van der Waals surface area contributed by atoms with E-state index >= 15 is 0 Å². The van der Waals surface area contributed by atoms with Crippen molar-refractivity contribution in [2.24, 2.45) is 10.7 Å². The van der Waals surface area contributed by atoms with E-state index in [9.17, 15) is 9.59 Å². The van der Waals surface area contributed by atoms with E-state index in [2.05, 4.69) is 4.99 Å². The van der Waals surface area contributed by atoms with Gasteiger partial charge in [-0.25, -0.2) is 0 Å². The number of aliphatic imine (C=N–C) groups is 1. The first-order chi connectivity index (χ1) is 11.1. The summed E-state index contributed by atoms with van der Waals surface area (Å²) < 4.78 is 0. The molecule has 0 bridgehead atoms. The number of carbonyl (C=O) groups excluding carboxylic acids is 2. The van der Waals surface area contributed by atoms with Crippen molar-refractivity contribution in [2.75, 3.05) is 6.54 Å². The number of rotatable bonds is 4. The number of carbonyl (C=O) groups is 2. The van der Waals surface area contributed by atoms with Gasteiger partial charge in [-0.05, 0) is 36.3 Å². The fourth-order valence-electron chi connectivity index (χ4n) is 2.71. The van der Waals surface area contributed by atoms with Crippen molar-refractivity contribution in [3.63, 3.8) is 0 Å². The van der Waals surface area contributed by atoms with Crippen LogP contribution in [-0.4, -0.2) is 35.5 Å². The summed E-state index contributed by atoms with van der Waals surface area (Å²) in [5.74, 6) is -0.517. The van der Waals surface area contributed by atoms with Crippen LogP contribution in [0.2, 0.25) is 0 Å². The summed E-state index contributed by atoms with van der Waals surface area (Å²) in [6.07, 6.45) is 9.14. The highest BCUT2D eigenvalue weighted by Crippen LogP contribution is 2.34. The van der Waals surface area contributed by atoms with Crippen molar-refractivity contribution in [3.05, 3.63) is 65.4 Å². The lowest BCUT2D eigenvalue weighted by Crippen LogP contribution is -2.39. The van der Waals surface area contributed by atoms with Crippen molar-refractivity contribution in [3.8, 4) is 0 Å². The lowest BCUT2D eigenvalue weighted by molar-refractivity contribution is -0.128. The molecule has 0 saturated heterocycles. The van der Waals surface area contributed by atoms with Gasteiger partial charge in [0.2, 0.25) is 5.91 Å². The molecule has 0 spiro atoms. The Labute approximate surface area is 134 Å². The van der Waals surface area contributed by atoms with Crippen LogP contribution in [0, 0.1) is 0 Å². The van der Waals surface area contributed by atoms with Crippen LogP contribution < -0.4 is 5.73 Å². The number of allylic oxidation sites excluding steroid dienone is 2. The minimum atomic E-state index is -0.502. The van der Waals surface area contributed by atoms with Crippen molar-refractivity contribution in [1.29, 1.82) is 0 Å². The second-order valence-electron chi connectivity index (χ2n) is 5.37. The Morgan fingerprint density at radius 1 is 1.43 bits per heavy atom. The Hall–Kier alpha value is -2.95. The molecule has 2 aliphatic heterocycles. The second-order valence-corrected chi connectivity index (χ2v) is 5.37. The molecule has 0 aromatic heterocycles. The van der Waals surface area contributed by atoms with E-state index in [1.807, 2.05) is 37.4 Å². The van der Waals surface area contributed by atoms with E-state index in [-0.39, 0.29) is 5.91 Å². The van der Waals surface area contributed by atoms with Gasteiger partial charge in [0.15, 0.2) is 6.04 Å². The molecule has 116 valence electrons. The molecule has 1 aromatic carbocycles. The van der Waals surface area contributed by atoms with Crippen molar-refractivity contribution in [2.45, 2.75) is 13.0 Å². The molecule has 3 rings (SSSR count). The van der Waals surface area contributed by atoms with Gasteiger partial charge >= 0.3 is 0 Å². The Morgan fingerprint density at radius 3 is 3.00 bits per heavy atom. The molecule has 0 fully saturated rings. The summed E-state index contributed by atoms with van der Waals surface area (Å²) in [5.41, 5.74) is 8.40. The molecule has 2 N–H and O–H groups in total. The average Bonchev–Trinajstić information content (AvgIpc) is 3.04. The standard InChI is InChI=1S/C18H17N3O2/c1-2-3-9-21-11-15(14-7-8-20-16(14)18(21)23)12-5-4-6-13(10-12)17(19)22/h2-8,10-11,16H,9H2,1H3,(H2,19,22). The largest absolute Gasteiger partial charge is 0.366 e. The minimum Gasteiger partial charge on any atom is -0.366 e. The normalized spacial score (nSPS) is 19.8. The Morgan fingerprint density at radius 2 is 2.26 bits per heavy atom. The van der Waals surface area contributed by atoms with Gasteiger partial charge in [0.1, 0.15) is 0 Å². The summed E-state index contributed by atoms with van der Waals surface area (Å²) in [6.45, 7) is 2.40. The van der Waals surface area contributed by atoms with E-state index in [0.717, 1.165) is 16.7 Å². The molecular formula is C18H17N3O2. The third-order valence-electron chi connectivity index (χ3n) is 3.89. The van der Waals surface area contributed by atoms with E-state index in [1.54, 1.807) is 29.3 Å². The van der Waals surface area contributed by atoms with Crippen LogP contribution in [0.15, 0.2) is 59.3 Å². The molecule has 1 unspecified atom stereocenters. The highest BCUT2D eigenvalue weighted by molar-refractivity contribution is 6.04. The molecule has 1 atom stereocenters. The number of hydrogen-bond donors (Lipinski definition) is 1. The molecule has 23 heavy (non-hydrogen) atoms. The summed E-state index contributed by atoms with van der Waals surface area (Å²) in [6, 6.07) is 6.60. The van der Waals surface area contributed by atoms with Gasteiger partial charge in [0, 0.05) is 30.1 Å². The zero-order valence-corrected chi connectivity index (χ0v) is 12.8.